The van der Waals surface area contributed by atoms with Crippen molar-refractivity contribution in [2.75, 3.05) is 20.6 Å². The van der Waals surface area contributed by atoms with Crippen molar-refractivity contribution in [2.45, 2.75) is 99.2 Å². The highest BCUT2D eigenvalue weighted by Crippen LogP contribution is 2.37. The molecule has 7 rings (SSSR count). The summed E-state index contributed by atoms with van der Waals surface area (Å²) in [5.74, 6) is 1.33. The molecule has 66 heavy (non-hydrogen) atoms. The molecule has 0 spiro atoms. The number of nitrogens with one attached hydrogen (secondary N) is 2. The molecule has 0 saturated carbocycles. The summed E-state index contributed by atoms with van der Waals surface area (Å²) in [6, 6.07) is -1.44. The van der Waals surface area contributed by atoms with Crippen LogP contribution >= 0.6 is 22.7 Å². The van der Waals surface area contributed by atoms with Crippen LogP contribution in [-0.4, -0.2) is 84.2 Å². The van der Waals surface area contributed by atoms with Gasteiger partial charge in [-0.1, -0.05) is 40.5 Å². The SMILES string of the molecule is CC[C@H](C)[C@H](NC(=O)c1nc(-c2nc(-c3csc(-c4nc(-c5csc([C@H](CCCN=C(N)N)N(C)C)n5)oc4C)n3)oc2C)oc1C)C(=O)N[C@H](c1nc(-c2nc(C)co2)co1)[C@@H](C)CC. The van der Waals surface area contributed by atoms with Crippen LogP contribution in [0.15, 0.2) is 50.4 Å². The Hall–Kier alpha value is -6.52. The van der Waals surface area contributed by atoms with E-state index < -0.39 is 23.9 Å². The van der Waals surface area contributed by atoms with Gasteiger partial charge in [0.15, 0.2) is 23.0 Å². The number of nitrogens with zero attached hydrogens (tertiary/aromatic N) is 9. The minimum atomic E-state index is -0.922. The Bertz CT molecular complexity index is 2800. The highest BCUT2D eigenvalue weighted by atomic mass is 32.1. The lowest BCUT2D eigenvalue weighted by atomic mass is 9.95. The molecular weight excluding hydrogens is 887 g/mol. The predicted molar refractivity (Wildman–Crippen MR) is 248 cm³/mol. The molecule has 0 bridgehead atoms. The fourth-order valence-electron chi connectivity index (χ4n) is 7.07. The van der Waals surface area contributed by atoms with Crippen molar-refractivity contribution in [3.8, 4) is 57.0 Å². The summed E-state index contributed by atoms with van der Waals surface area (Å²) in [6.45, 7) is 15.4. The van der Waals surface area contributed by atoms with Crippen LogP contribution in [0.4, 0.5) is 0 Å². The fraction of sp³-hybridized carbons (Fsp3) is 0.455. The quantitative estimate of drug-likeness (QED) is 0.0322. The maximum absolute atomic E-state index is 14.0. The number of aliphatic imine (C=N–C) groups is 1. The number of aromatic nitrogens is 7. The minimum absolute atomic E-state index is 0.00711. The Kier molecular flexibility index (Phi) is 14.6. The molecule has 6 N–H and O–H groups in total. The van der Waals surface area contributed by atoms with Gasteiger partial charge in [-0.15, -0.1) is 22.7 Å². The summed E-state index contributed by atoms with van der Waals surface area (Å²) in [6.07, 6.45) is 5.92. The molecule has 0 aromatic carbocycles. The van der Waals surface area contributed by atoms with Crippen LogP contribution in [-0.2, 0) is 4.79 Å². The van der Waals surface area contributed by atoms with E-state index in [4.69, 9.17) is 48.5 Å². The van der Waals surface area contributed by atoms with E-state index in [0.717, 1.165) is 24.3 Å². The molecule has 5 atom stereocenters. The zero-order valence-corrected chi connectivity index (χ0v) is 40.2. The van der Waals surface area contributed by atoms with Gasteiger partial charge in [0.05, 0.1) is 11.7 Å². The van der Waals surface area contributed by atoms with E-state index in [2.05, 4.69) is 40.5 Å². The molecule has 0 radical (unpaired) electrons. The van der Waals surface area contributed by atoms with E-state index >= 15 is 0 Å². The number of carbonyl (C=O) groups excluding carboxylic acids is 2. The third-order valence-corrected chi connectivity index (χ3v) is 13.0. The third kappa shape index (κ3) is 10.4. The average Bonchev–Trinajstić information content (AvgIpc) is 4.14. The number of hydrogen-bond donors (Lipinski definition) is 4. The second-order valence-corrected chi connectivity index (χ2v) is 18.1. The van der Waals surface area contributed by atoms with Crippen molar-refractivity contribution in [1.29, 1.82) is 0 Å². The van der Waals surface area contributed by atoms with Gasteiger partial charge in [-0.05, 0) is 66.5 Å². The van der Waals surface area contributed by atoms with Crippen molar-refractivity contribution in [2.24, 2.45) is 28.3 Å². The van der Waals surface area contributed by atoms with E-state index in [1.807, 2.05) is 66.4 Å². The summed E-state index contributed by atoms with van der Waals surface area (Å²) in [4.78, 5) is 66.7. The maximum Gasteiger partial charge on any atom is 0.274 e. The van der Waals surface area contributed by atoms with Crippen molar-refractivity contribution in [3.63, 3.8) is 0 Å². The summed E-state index contributed by atoms with van der Waals surface area (Å²) in [7, 11) is 4.02. The van der Waals surface area contributed by atoms with Crippen LogP contribution < -0.4 is 22.1 Å². The highest BCUT2D eigenvalue weighted by Gasteiger charge is 2.34. The van der Waals surface area contributed by atoms with Crippen LogP contribution in [0.2, 0.25) is 0 Å². The van der Waals surface area contributed by atoms with Gasteiger partial charge < -0.3 is 49.1 Å². The lowest BCUT2D eigenvalue weighted by Crippen LogP contribution is -2.51. The van der Waals surface area contributed by atoms with Crippen LogP contribution in [0.3, 0.4) is 0 Å². The third-order valence-electron chi connectivity index (χ3n) is 11.2. The van der Waals surface area contributed by atoms with Gasteiger partial charge in [0.2, 0.25) is 35.4 Å². The van der Waals surface area contributed by atoms with Crippen molar-refractivity contribution in [3.05, 3.63) is 62.9 Å². The molecular formula is C44H55N13O7S2. The topological polar surface area (TPSA) is 282 Å². The normalized spacial score (nSPS) is 14.0. The second-order valence-electron chi connectivity index (χ2n) is 16.4. The van der Waals surface area contributed by atoms with Gasteiger partial charge in [0, 0.05) is 17.3 Å². The predicted octanol–water partition coefficient (Wildman–Crippen LogP) is 7.81. The number of hydrogen-bond acceptors (Lipinski definition) is 18. The Morgan fingerprint density at radius 2 is 1.41 bits per heavy atom. The molecule has 0 aliphatic carbocycles. The van der Waals surface area contributed by atoms with Crippen LogP contribution in [0.25, 0.3) is 57.0 Å². The summed E-state index contributed by atoms with van der Waals surface area (Å²) in [5, 5.41) is 11.3. The Labute approximate surface area is 389 Å². The van der Waals surface area contributed by atoms with E-state index in [0.29, 0.717) is 81.3 Å². The molecule has 0 aliphatic heterocycles. The first-order valence-electron chi connectivity index (χ1n) is 21.6. The smallest absolute Gasteiger partial charge is 0.274 e. The Morgan fingerprint density at radius 1 is 0.742 bits per heavy atom. The molecule has 0 saturated heterocycles. The standard InChI is InChI=1S/C44H55N13O7S2/c1-11-20(3)30(35(58)53-31(21(4)12-2)40-49-26(17-61-40)37-48-22(5)16-60-37)52-36(59)32-23(6)64-41(54-32)33-24(7)62-38(55-33)28-19-66-43(51-28)34-25(8)63-39(56-34)27-18-65-42(50-27)29(57(9)10)14-13-15-47-44(45)46/h16-21,29-31H,11-15H2,1-10H3,(H,52,59)(H,53,58)(H4,45,46,47)/t20-,21-,29-,30-,31-/m0/s1. The molecule has 2 amide bonds. The van der Waals surface area contributed by atoms with Crippen LogP contribution in [0, 0.1) is 39.5 Å². The molecule has 7 heterocycles. The Balaban J connectivity index is 1.04. The molecule has 22 heteroatoms. The highest BCUT2D eigenvalue weighted by molar-refractivity contribution is 7.13. The number of aryl methyl sites for hydroxylation is 4. The van der Waals surface area contributed by atoms with Crippen LogP contribution in [0.1, 0.15) is 110 Å². The fourth-order valence-corrected chi connectivity index (χ4v) is 8.92. The zero-order chi connectivity index (χ0) is 47.4. The molecule has 20 nitrogen and oxygen atoms in total. The van der Waals surface area contributed by atoms with Crippen molar-refractivity contribution in [1.82, 2.24) is 50.4 Å². The zero-order valence-electron chi connectivity index (χ0n) is 38.6. The van der Waals surface area contributed by atoms with Gasteiger partial charge in [0.1, 0.15) is 69.0 Å². The summed E-state index contributed by atoms with van der Waals surface area (Å²) >= 11 is 2.90. The lowest BCUT2D eigenvalue weighted by Gasteiger charge is -2.27. The van der Waals surface area contributed by atoms with Crippen LogP contribution in [0.5, 0.6) is 0 Å². The van der Waals surface area contributed by atoms with E-state index in [1.54, 1.807) is 25.2 Å². The number of guanidine groups is 1. The summed E-state index contributed by atoms with van der Waals surface area (Å²) in [5.41, 5.74) is 14.1. The molecule has 0 aliphatic rings. The second kappa shape index (κ2) is 20.3. The van der Waals surface area contributed by atoms with Gasteiger partial charge >= 0.3 is 0 Å². The first kappa shape index (κ1) is 47.4. The van der Waals surface area contributed by atoms with Gasteiger partial charge in [-0.25, -0.2) is 34.9 Å². The first-order valence-corrected chi connectivity index (χ1v) is 23.4. The Morgan fingerprint density at radius 3 is 2.08 bits per heavy atom. The number of carbonyl (C=O) groups is 2. The first-order chi connectivity index (χ1) is 31.5. The average molecular weight is 942 g/mol. The number of rotatable bonds is 20. The van der Waals surface area contributed by atoms with Gasteiger partial charge in [-0.2, -0.15) is 0 Å². The van der Waals surface area contributed by atoms with Gasteiger partial charge in [-0.3, -0.25) is 14.6 Å². The molecule has 7 aromatic rings. The van der Waals surface area contributed by atoms with Gasteiger partial charge in [0.25, 0.3) is 5.91 Å². The monoisotopic (exact) mass is 941 g/mol. The molecule has 350 valence electrons. The number of amides is 2. The van der Waals surface area contributed by atoms with Crippen molar-refractivity contribution < 1.29 is 31.7 Å². The van der Waals surface area contributed by atoms with E-state index in [9.17, 15) is 9.59 Å². The molecule has 0 unspecified atom stereocenters. The maximum atomic E-state index is 14.0. The molecule has 7 aromatic heterocycles. The van der Waals surface area contributed by atoms with Crippen molar-refractivity contribution >= 4 is 40.4 Å². The largest absolute Gasteiger partial charge is 0.446 e. The molecule has 0 fully saturated rings. The van der Waals surface area contributed by atoms with E-state index in [-0.39, 0.29) is 47.1 Å². The minimum Gasteiger partial charge on any atom is -0.446 e. The number of nitrogens with two attached hydrogens (primary N) is 2. The summed E-state index contributed by atoms with van der Waals surface area (Å²) < 4.78 is 29.5. The lowest BCUT2D eigenvalue weighted by molar-refractivity contribution is -0.125. The number of thiazole rings is 2. The number of oxazole rings is 5. The van der Waals surface area contributed by atoms with E-state index in [1.165, 1.54) is 23.9 Å².